The first-order valence-electron chi connectivity index (χ1n) is 6.62. The molecule has 108 valence electrons. The van der Waals surface area contributed by atoms with Crippen molar-refractivity contribution in [2.75, 3.05) is 0 Å². The van der Waals surface area contributed by atoms with E-state index in [0.717, 1.165) is 22.9 Å². The van der Waals surface area contributed by atoms with Gasteiger partial charge in [0.15, 0.2) is 0 Å². The summed E-state index contributed by atoms with van der Waals surface area (Å²) in [5.74, 6) is -0.578. The van der Waals surface area contributed by atoms with Gasteiger partial charge in [0.1, 0.15) is 17.3 Å². The van der Waals surface area contributed by atoms with Crippen molar-refractivity contribution in [3.8, 4) is 28.3 Å². The highest BCUT2D eigenvalue weighted by atomic mass is 19.1. The van der Waals surface area contributed by atoms with E-state index in [1.807, 2.05) is 44.0 Å². The molecule has 3 rings (SSSR count). The summed E-state index contributed by atoms with van der Waals surface area (Å²) in [4.78, 5) is 0. The molecule has 0 unspecified atom stereocenters. The summed E-state index contributed by atoms with van der Waals surface area (Å²) in [5.41, 5.74) is 3.92. The summed E-state index contributed by atoms with van der Waals surface area (Å²) < 4.78 is 17.8. The van der Waals surface area contributed by atoms with Gasteiger partial charge in [-0.25, -0.2) is 4.39 Å². The first-order valence-corrected chi connectivity index (χ1v) is 6.62. The molecule has 0 fully saturated rings. The molecule has 0 aliphatic rings. The van der Waals surface area contributed by atoms with Crippen LogP contribution in [0.4, 0.5) is 4.39 Å². The number of aryl methyl sites for hydroxylation is 3. The normalized spacial score (nSPS) is 11.0. The predicted octanol–water partition coefficient (Wildman–Crippen LogP) is 3.25. The Balaban J connectivity index is 2.26. The Bertz CT molecular complexity index is 798. The Hall–Kier alpha value is -2.56. The summed E-state index contributed by atoms with van der Waals surface area (Å²) in [5, 5.41) is 13.8. The van der Waals surface area contributed by atoms with Gasteiger partial charge in [-0.05, 0) is 30.7 Å². The maximum Gasteiger partial charge on any atom is 0.136 e. The van der Waals surface area contributed by atoms with Crippen molar-refractivity contribution in [3.05, 3.63) is 48.0 Å². The van der Waals surface area contributed by atoms with Gasteiger partial charge >= 0.3 is 0 Å². The number of rotatable bonds is 2. The third kappa shape index (κ3) is 2.20. The summed E-state index contributed by atoms with van der Waals surface area (Å²) >= 11 is 0. The number of phenols is 1. The van der Waals surface area contributed by atoms with Gasteiger partial charge in [-0.3, -0.25) is 4.68 Å². The van der Waals surface area contributed by atoms with Crippen LogP contribution in [-0.4, -0.2) is 19.5 Å². The van der Waals surface area contributed by atoms with Crippen LogP contribution in [0.15, 0.2) is 36.7 Å². The van der Waals surface area contributed by atoms with E-state index >= 15 is 0 Å². The van der Waals surface area contributed by atoms with Crippen LogP contribution in [0.2, 0.25) is 0 Å². The highest BCUT2D eigenvalue weighted by Crippen LogP contribution is 2.35. The van der Waals surface area contributed by atoms with Crippen molar-refractivity contribution in [1.82, 2.24) is 14.3 Å². The highest BCUT2D eigenvalue weighted by Gasteiger charge is 2.19. The molecule has 3 aromatic rings. The van der Waals surface area contributed by atoms with Gasteiger partial charge in [0, 0.05) is 43.7 Å². The monoisotopic (exact) mass is 285 g/mol. The first kappa shape index (κ1) is 13.4. The van der Waals surface area contributed by atoms with Crippen LogP contribution in [0.25, 0.3) is 22.5 Å². The number of halogens is 1. The average Bonchev–Trinajstić information content (AvgIpc) is 2.93. The lowest BCUT2D eigenvalue weighted by Gasteiger charge is -2.07. The topological polar surface area (TPSA) is 43.0 Å². The van der Waals surface area contributed by atoms with E-state index < -0.39 is 5.82 Å². The second-order valence-corrected chi connectivity index (χ2v) is 5.19. The van der Waals surface area contributed by atoms with E-state index in [0.29, 0.717) is 11.3 Å². The highest BCUT2D eigenvalue weighted by molar-refractivity contribution is 5.81. The van der Waals surface area contributed by atoms with Crippen LogP contribution in [-0.2, 0) is 14.1 Å². The van der Waals surface area contributed by atoms with Crippen LogP contribution in [0.5, 0.6) is 5.75 Å². The molecule has 0 saturated carbocycles. The molecule has 5 heteroatoms. The van der Waals surface area contributed by atoms with Gasteiger partial charge in [-0.2, -0.15) is 5.10 Å². The van der Waals surface area contributed by atoms with Crippen molar-refractivity contribution in [3.63, 3.8) is 0 Å². The van der Waals surface area contributed by atoms with E-state index in [1.54, 1.807) is 10.7 Å². The summed E-state index contributed by atoms with van der Waals surface area (Å²) in [6.45, 7) is 2.01. The third-order valence-corrected chi connectivity index (χ3v) is 3.57. The molecule has 0 bridgehead atoms. The van der Waals surface area contributed by atoms with E-state index in [9.17, 15) is 9.50 Å². The van der Waals surface area contributed by atoms with Crippen molar-refractivity contribution in [2.24, 2.45) is 14.1 Å². The Morgan fingerprint density at radius 3 is 2.52 bits per heavy atom. The molecule has 0 saturated heterocycles. The van der Waals surface area contributed by atoms with Crippen LogP contribution in [0.1, 0.15) is 5.56 Å². The molecule has 2 aromatic heterocycles. The number of hydrogen-bond donors (Lipinski definition) is 1. The number of aromatic nitrogens is 3. The molecule has 1 N–H and O–H groups in total. The van der Waals surface area contributed by atoms with E-state index in [2.05, 4.69) is 5.10 Å². The van der Waals surface area contributed by atoms with Gasteiger partial charge in [0.25, 0.3) is 0 Å². The van der Waals surface area contributed by atoms with Gasteiger partial charge < -0.3 is 9.67 Å². The Morgan fingerprint density at radius 1 is 1.14 bits per heavy atom. The molecule has 0 radical (unpaired) electrons. The SMILES string of the molecule is Cc1ccn(C)c1-c1cn(C)nc1-c1ccc(O)cc1F. The second-order valence-electron chi connectivity index (χ2n) is 5.19. The van der Waals surface area contributed by atoms with Gasteiger partial charge in [-0.15, -0.1) is 0 Å². The maximum absolute atomic E-state index is 14.2. The number of benzene rings is 1. The Labute approximate surface area is 122 Å². The third-order valence-electron chi connectivity index (χ3n) is 3.57. The fourth-order valence-electron chi connectivity index (χ4n) is 2.61. The maximum atomic E-state index is 14.2. The molecule has 2 heterocycles. The number of nitrogens with zero attached hydrogens (tertiary/aromatic N) is 3. The smallest absolute Gasteiger partial charge is 0.136 e. The molecule has 0 aliphatic carbocycles. The quantitative estimate of drug-likeness (QED) is 0.785. The molecule has 0 amide bonds. The average molecular weight is 285 g/mol. The predicted molar refractivity (Wildman–Crippen MR) is 79.4 cm³/mol. The minimum atomic E-state index is -0.484. The fraction of sp³-hybridized carbons (Fsp3) is 0.188. The van der Waals surface area contributed by atoms with Crippen molar-refractivity contribution >= 4 is 0 Å². The number of aromatic hydroxyl groups is 1. The van der Waals surface area contributed by atoms with Crippen molar-refractivity contribution in [1.29, 1.82) is 0 Å². The van der Waals surface area contributed by atoms with E-state index in [1.165, 1.54) is 6.07 Å². The first-order chi connectivity index (χ1) is 9.97. The van der Waals surface area contributed by atoms with Crippen molar-refractivity contribution in [2.45, 2.75) is 6.92 Å². The Morgan fingerprint density at radius 2 is 1.90 bits per heavy atom. The molecule has 0 atom stereocenters. The zero-order chi connectivity index (χ0) is 15.1. The molecule has 4 nitrogen and oxygen atoms in total. The second kappa shape index (κ2) is 4.77. The fourth-order valence-corrected chi connectivity index (χ4v) is 2.61. The van der Waals surface area contributed by atoms with Crippen LogP contribution >= 0.6 is 0 Å². The van der Waals surface area contributed by atoms with Gasteiger partial charge in [0.05, 0.1) is 5.69 Å². The van der Waals surface area contributed by atoms with Gasteiger partial charge in [-0.1, -0.05) is 0 Å². The van der Waals surface area contributed by atoms with E-state index in [-0.39, 0.29) is 5.75 Å². The molecular weight excluding hydrogens is 269 g/mol. The van der Waals surface area contributed by atoms with Gasteiger partial charge in [0.2, 0.25) is 0 Å². The largest absolute Gasteiger partial charge is 0.508 e. The molecule has 21 heavy (non-hydrogen) atoms. The van der Waals surface area contributed by atoms with Crippen LogP contribution in [0.3, 0.4) is 0 Å². The standard InChI is InChI=1S/C16H16FN3O/c1-10-6-7-19(2)16(10)13-9-20(3)18-15(13)12-5-4-11(21)8-14(12)17/h4-9,21H,1-3H3. The minimum absolute atomic E-state index is 0.0937. The lowest BCUT2D eigenvalue weighted by molar-refractivity contribution is 0.469. The minimum Gasteiger partial charge on any atom is -0.508 e. The summed E-state index contributed by atoms with van der Waals surface area (Å²) in [6, 6.07) is 6.13. The molecule has 0 spiro atoms. The zero-order valence-electron chi connectivity index (χ0n) is 12.1. The molecular formula is C16H16FN3O. The summed E-state index contributed by atoms with van der Waals surface area (Å²) in [7, 11) is 3.76. The Kier molecular flexibility index (Phi) is 3.05. The number of phenolic OH excluding ortho intramolecular Hbond substituents is 1. The summed E-state index contributed by atoms with van der Waals surface area (Å²) in [6.07, 6.45) is 3.85. The number of hydrogen-bond acceptors (Lipinski definition) is 2. The van der Waals surface area contributed by atoms with E-state index in [4.69, 9.17) is 0 Å². The lowest BCUT2D eigenvalue weighted by Crippen LogP contribution is -1.93. The van der Waals surface area contributed by atoms with Crippen molar-refractivity contribution < 1.29 is 9.50 Å². The van der Waals surface area contributed by atoms with Crippen LogP contribution < -0.4 is 0 Å². The lowest BCUT2D eigenvalue weighted by atomic mass is 10.0. The van der Waals surface area contributed by atoms with Crippen LogP contribution in [0, 0.1) is 12.7 Å². The molecule has 0 aliphatic heterocycles. The zero-order valence-corrected chi connectivity index (χ0v) is 12.1. The molecule has 1 aromatic carbocycles.